The van der Waals surface area contributed by atoms with E-state index in [0.717, 1.165) is 23.3 Å². The van der Waals surface area contributed by atoms with Crippen LogP contribution in [-0.4, -0.2) is 26.2 Å². The van der Waals surface area contributed by atoms with Crippen LogP contribution in [0.15, 0.2) is 18.2 Å². The largest absolute Gasteiger partial charge is 0.399 e. The van der Waals surface area contributed by atoms with Gasteiger partial charge in [-0.25, -0.2) is 4.98 Å². The molecule has 5 heteroatoms. The van der Waals surface area contributed by atoms with Gasteiger partial charge in [-0.2, -0.15) is 11.8 Å². The summed E-state index contributed by atoms with van der Waals surface area (Å²) in [7, 11) is 0. The second kappa shape index (κ2) is 5.89. The van der Waals surface area contributed by atoms with Crippen LogP contribution in [0, 0.1) is 0 Å². The quantitative estimate of drug-likeness (QED) is 0.852. The van der Waals surface area contributed by atoms with Gasteiger partial charge in [0, 0.05) is 17.0 Å². The fourth-order valence-electron chi connectivity index (χ4n) is 3.43. The predicted molar refractivity (Wildman–Crippen MR) is 89.6 cm³/mol. The average Bonchev–Trinajstić information content (AvgIpc) is 2.85. The minimum absolute atomic E-state index is 0.409. The van der Waals surface area contributed by atoms with Gasteiger partial charge in [0.2, 0.25) is 0 Å². The Morgan fingerprint density at radius 3 is 2.86 bits per heavy atom. The summed E-state index contributed by atoms with van der Waals surface area (Å²) in [5.74, 6) is 0.765. The van der Waals surface area contributed by atoms with Gasteiger partial charge in [-0.3, -0.25) is 0 Å². The van der Waals surface area contributed by atoms with E-state index in [9.17, 15) is 5.11 Å². The van der Waals surface area contributed by atoms with Crippen molar-refractivity contribution >= 4 is 28.5 Å². The number of anilines is 1. The number of hydrogen-bond donors (Lipinski definition) is 2. The van der Waals surface area contributed by atoms with Gasteiger partial charge in [0.15, 0.2) is 0 Å². The first kappa shape index (κ1) is 14.7. The highest BCUT2D eigenvalue weighted by Crippen LogP contribution is 2.39. The summed E-state index contributed by atoms with van der Waals surface area (Å²) in [6, 6.07) is 6.26. The average molecular weight is 305 g/mol. The van der Waals surface area contributed by atoms with Crippen molar-refractivity contribution in [2.75, 3.05) is 12.0 Å². The lowest BCUT2D eigenvalue weighted by molar-refractivity contribution is 0.178. The van der Waals surface area contributed by atoms with Crippen LogP contribution in [-0.2, 0) is 0 Å². The summed E-state index contributed by atoms with van der Waals surface area (Å²) in [6.07, 6.45) is 6.55. The van der Waals surface area contributed by atoms with E-state index in [1.165, 1.54) is 19.3 Å². The normalized spacial score (nSPS) is 24.3. The number of rotatable bonds is 3. The maximum Gasteiger partial charge on any atom is 0.138 e. The molecule has 2 aromatic rings. The topological polar surface area (TPSA) is 64.1 Å². The van der Waals surface area contributed by atoms with Crippen LogP contribution in [0.1, 0.15) is 50.6 Å². The SMILES string of the molecule is CSC1CCCCC1n1c(C(C)O)nc2cc(N)ccc21. The molecule has 1 heterocycles. The van der Waals surface area contributed by atoms with Gasteiger partial charge in [0.05, 0.1) is 11.0 Å². The number of fused-ring (bicyclic) bond motifs is 1. The maximum absolute atomic E-state index is 10.1. The summed E-state index contributed by atoms with van der Waals surface area (Å²) in [4.78, 5) is 4.64. The lowest BCUT2D eigenvalue weighted by Gasteiger charge is -2.33. The molecule has 3 rings (SSSR count). The highest BCUT2D eigenvalue weighted by molar-refractivity contribution is 7.99. The first-order valence-corrected chi connectivity index (χ1v) is 8.89. The minimum Gasteiger partial charge on any atom is -0.399 e. The van der Waals surface area contributed by atoms with E-state index in [2.05, 4.69) is 15.8 Å². The number of nitrogen functional groups attached to an aromatic ring is 1. The number of aromatic nitrogens is 2. The second-order valence-corrected chi connectivity index (χ2v) is 6.97. The molecule has 1 saturated carbocycles. The summed E-state index contributed by atoms with van der Waals surface area (Å²) >= 11 is 1.93. The Bertz CT molecular complexity index is 638. The summed E-state index contributed by atoms with van der Waals surface area (Å²) in [5.41, 5.74) is 8.57. The molecule has 1 aromatic heterocycles. The van der Waals surface area contributed by atoms with E-state index in [4.69, 9.17) is 5.73 Å². The molecule has 1 aromatic carbocycles. The molecule has 0 saturated heterocycles. The lowest BCUT2D eigenvalue weighted by Crippen LogP contribution is -2.27. The zero-order valence-electron chi connectivity index (χ0n) is 12.6. The molecule has 21 heavy (non-hydrogen) atoms. The van der Waals surface area contributed by atoms with Crippen molar-refractivity contribution in [3.8, 4) is 0 Å². The van der Waals surface area contributed by atoms with Gasteiger partial charge in [-0.1, -0.05) is 12.8 Å². The van der Waals surface area contributed by atoms with E-state index in [0.29, 0.717) is 17.0 Å². The van der Waals surface area contributed by atoms with Crippen LogP contribution < -0.4 is 5.73 Å². The Hall–Kier alpha value is -1.20. The molecule has 3 unspecified atom stereocenters. The number of aliphatic hydroxyl groups excluding tert-OH is 1. The molecule has 114 valence electrons. The van der Waals surface area contributed by atoms with Gasteiger partial charge < -0.3 is 15.4 Å². The van der Waals surface area contributed by atoms with Crippen molar-refractivity contribution in [1.82, 2.24) is 9.55 Å². The smallest absolute Gasteiger partial charge is 0.138 e. The Morgan fingerprint density at radius 2 is 2.14 bits per heavy atom. The van der Waals surface area contributed by atoms with Crippen molar-refractivity contribution in [2.45, 2.75) is 50.0 Å². The Labute approximate surface area is 129 Å². The Balaban J connectivity index is 2.16. The highest BCUT2D eigenvalue weighted by atomic mass is 32.2. The predicted octanol–water partition coefficient (Wildman–Crippen LogP) is 3.52. The van der Waals surface area contributed by atoms with Gasteiger partial charge >= 0.3 is 0 Å². The molecule has 1 aliphatic rings. The molecule has 1 aliphatic carbocycles. The van der Waals surface area contributed by atoms with Crippen molar-refractivity contribution in [3.63, 3.8) is 0 Å². The molecule has 4 nitrogen and oxygen atoms in total. The van der Waals surface area contributed by atoms with Crippen molar-refractivity contribution in [2.24, 2.45) is 0 Å². The van der Waals surface area contributed by atoms with Crippen molar-refractivity contribution in [3.05, 3.63) is 24.0 Å². The molecule has 0 spiro atoms. The zero-order chi connectivity index (χ0) is 15.0. The number of hydrogen-bond acceptors (Lipinski definition) is 4. The van der Waals surface area contributed by atoms with Gasteiger partial charge in [0.25, 0.3) is 0 Å². The summed E-state index contributed by atoms with van der Waals surface area (Å²) < 4.78 is 2.26. The van der Waals surface area contributed by atoms with Crippen LogP contribution in [0.2, 0.25) is 0 Å². The molecule has 3 N–H and O–H groups in total. The first-order valence-electron chi connectivity index (χ1n) is 7.60. The van der Waals surface area contributed by atoms with Crippen LogP contribution in [0.5, 0.6) is 0 Å². The first-order chi connectivity index (χ1) is 10.1. The van der Waals surface area contributed by atoms with Gasteiger partial charge in [-0.15, -0.1) is 0 Å². The molecule has 3 atom stereocenters. The van der Waals surface area contributed by atoms with Crippen LogP contribution in [0.3, 0.4) is 0 Å². The summed E-state index contributed by atoms with van der Waals surface area (Å²) in [6.45, 7) is 1.79. The Morgan fingerprint density at radius 1 is 1.38 bits per heavy atom. The Kier molecular flexibility index (Phi) is 4.13. The van der Waals surface area contributed by atoms with Gasteiger partial charge in [0.1, 0.15) is 11.9 Å². The van der Waals surface area contributed by atoms with E-state index in [1.807, 2.05) is 30.0 Å². The molecule has 0 radical (unpaired) electrons. The van der Waals surface area contributed by atoms with Gasteiger partial charge in [-0.05, 0) is 44.2 Å². The molecule has 1 fully saturated rings. The second-order valence-electron chi connectivity index (χ2n) is 5.89. The van der Waals surface area contributed by atoms with Crippen LogP contribution >= 0.6 is 11.8 Å². The highest BCUT2D eigenvalue weighted by Gasteiger charge is 2.30. The van der Waals surface area contributed by atoms with Crippen LogP contribution in [0.4, 0.5) is 5.69 Å². The van der Waals surface area contributed by atoms with E-state index in [1.54, 1.807) is 6.92 Å². The summed E-state index contributed by atoms with van der Waals surface area (Å²) in [5, 5.41) is 10.7. The molecular weight excluding hydrogens is 282 g/mol. The molecular formula is C16H23N3OS. The number of nitrogens with two attached hydrogens (primary N) is 1. The number of nitrogens with zero attached hydrogens (tertiary/aromatic N) is 2. The third-order valence-electron chi connectivity index (χ3n) is 4.42. The third kappa shape index (κ3) is 2.64. The maximum atomic E-state index is 10.1. The van der Waals surface area contributed by atoms with Crippen molar-refractivity contribution < 1.29 is 5.11 Å². The number of imidazole rings is 1. The van der Waals surface area contributed by atoms with Crippen LogP contribution in [0.25, 0.3) is 11.0 Å². The number of aliphatic hydroxyl groups is 1. The molecule has 0 amide bonds. The fraction of sp³-hybridized carbons (Fsp3) is 0.562. The number of benzene rings is 1. The van der Waals surface area contributed by atoms with E-state index >= 15 is 0 Å². The lowest BCUT2D eigenvalue weighted by atomic mass is 9.94. The van der Waals surface area contributed by atoms with E-state index < -0.39 is 6.10 Å². The number of thioether (sulfide) groups is 1. The fourth-order valence-corrected chi connectivity index (χ4v) is 4.40. The van der Waals surface area contributed by atoms with Crippen molar-refractivity contribution in [1.29, 1.82) is 0 Å². The minimum atomic E-state index is -0.567. The molecule has 0 aliphatic heterocycles. The standard InChI is InChI=1S/C16H23N3OS/c1-10(20)16-18-12-9-11(17)7-8-13(12)19(16)14-5-3-4-6-15(14)21-2/h7-10,14-15,20H,3-6,17H2,1-2H3. The zero-order valence-corrected chi connectivity index (χ0v) is 13.4. The monoisotopic (exact) mass is 305 g/mol. The van der Waals surface area contributed by atoms with E-state index in [-0.39, 0.29) is 0 Å². The molecule has 0 bridgehead atoms. The third-order valence-corrected chi connectivity index (χ3v) is 5.57.